The number of pyridine rings is 1. The number of benzene rings is 1. The Balaban J connectivity index is 0.00000174. The van der Waals surface area contributed by atoms with Crippen LogP contribution >= 0.6 is 0 Å². The number of halogens is 4. The molecule has 1 unspecified atom stereocenters. The number of esters is 1. The van der Waals surface area contributed by atoms with Crippen molar-refractivity contribution >= 4 is 28.9 Å². The summed E-state index contributed by atoms with van der Waals surface area (Å²) in [6.07, 6.45) is -3.06. The van der Waals surface area contributed by atoms with Crippen LogP contribution in [0.5, 0.6) is 0 Å². The second-order valence-electron chi connectivity index (χ2n) is 8.13. The Labute approximate surface area is 201 Å². The molecular weight excluding hydrogens is 472 g/mol. The summed E-state index contributed by atoms with van der Waals surface area (Å²) in [5, 5.41) is 2.82. The van der Waals surface area contributed by atoms with E-state index < -0.39 is 47.5 Å². The molecule has 196 valence electrons. The van der Waals surface area contributed by atoms with Gasteiger partial charge in [-0.2, -0.15) is 13.2 Å². The Kier molecular flexibility index (Phi) is 12.9. The molecule has 0 saturated carbocycles. The van der Waals surface area contributed by atoms with Crippen LogP contribution in [-0.2, 0) is 31.8 Å². The molecule has 11 heteroatoms. The molecular formula is C24H32F4N2O5. The first-order valence-electron chi connectivity index (χ1n) is 10.9. The van der Waals surface area contributed by atoms with Gasteiger partial charge in [-0.05, 0) is 57.3 Å². The molecule has 0 aliphatic rings. The third kappa shape index (κ3) is 11.6. The number of aldehydes is 1. The summed E-state index contributed by atoms with van der Waals surface area (Å²) < 4.78 is 55.0. The molecule has 1 atom stereocenters. The number of aromatic nitrogens is 1. The van der Waals surface area contributed by atoms with Gasteiger partial charge in [0, 0.05) is 17.6 Å². The second kappa shape index (κ2) is 14.2. The number of alkyl halides is 4. The highest BCUT2D eigenvalue weighted by molar-refractivity contribution is 5.83. The minimum absolute atomic E-state index is 0.0319. The van der Waals surface area contributed by atoms with Crippen molar-refractivity contribution in [3.8, 4) is 0 Å². The molecule has 7 nitrogen and oxygen atoms in total. The Morgan fingerprint density at radius 1 is 1.14 bits per heavy atom. The number of fused-ring (bicyclic) bond motifs is 1. The van der Waals surface area contributed by atoms with Gasteiger partial charge < -0.3 is 19.4 Å². The summed E-state index contributed by atoms with van der Waals surface area (Å²) in [5.41, 5.74) is -2.06. The number of hydrogen-bond donors (Lipinski definition) is 1. The highest BCUT2D eigenvalue weighted by Crippen LogP contribution is 2.30. The number of amides is 1. The predicted molar refractivity (Wildman–Crippen MR) is 125 cm³/mol. The smallest absolute Gasteiger partial charge is 0.416 e. The van der Waals surface area contributed by atoms with E-state index in [2.05, 4.69) is 5.32 Å². The van der Waals surface area contributed by atoms with Gasteiger partial charge >= 0.3 is 12.1 Å². The first-order valence-corrected chi connectivity index (χ1v) is 10.9. The Bertz CT molecular complexity index is 1040. The monoisotopic (exact) mass is 504 g/mol. The number of carbonyl (C=O) groups excluding carboxylic acids is 3. The molecule has 1 N–H and O–H groups in total. The second-order valence-corrected chi connectivity index (χ2v) is 8.13. The Morgan fingerprint density at radius 3 is 2.20 bits per heavy atom. The summed E-state index contributed by atoms with van der Waals surface area (Å²) >= 11 is 0. The number of hydrogen-bond acceptors (Lipinski definition) is 5. The van der Waals surface area contributed by atoms with E-state index in [4.69, 9.17) is 9.53 Å². The minimum Gasteiger partial charge on any atom is -0.460 e. The van der Waals surface area contributed by atoms with Crippen LogP contribution in [0.2, 0.25) is 0 Å². The highest BCUT2D eigenvalue weighted by Gasteiger charge is 2.30. The number of rotatable bonds is 6. The number of ether oxygens (including phenoxy) is 1. The molecule has 0 aliphatic carbocycles. The molecule has 0 aliphatic heterocycles. The van der Waals surface area contributed by atoms with Gasteiger partial charge in [0.25, 0.3) is 5.56 Å². The van der Waals surface area contributed by atoms with Gasteiger partial charge in [0.15, 0.2) is 6.29 Å². The van der Waals surface area contributed by atoms with Gasteiger partial charge in [0.05, 0.1) is 12.0 Å². The highest BCUT2D eigenvalue weighted by atomic mass is 19.4. The third-order valence-electron chi connectivity index (χ3n) is 3.98. The average molecular weight is 505 g/mol. The fraction of sp³-hybridized carbons (Fsp3) is 0.500. The molecule has 0 radical (unpaired) electrons. The topological polar surface area (TPSA) is 94.5 Å². The molecule has 35 heavy (non-hydrogen) atoms. The van der Waals surface area contributed by atoms with Gasteiger partial charge in [0.1, 0.15) is 18.8 Å². The molecule has 1 aromatic heterocycles. The molecule has 1 aromatic carbocycles. The van der Waals surface area contributed by atoms with E-state index in [1.165, 1.54) is 12.3 Å². The predicted octanol–water partition coefficient (Wildman–Crippen LogP) is 4.44. The molecule has 0 bridgehead atoms. The summed E-state index contributed by atoms with van der Waals surface area (Å²) in [6.45, 7) is 9.64. The quantitative estimate of drug-likeness (QED) is 0.357. The lowest BCUT2D eigenvalue weighted by atomic mass is 10.1. The van der Waals surface area contributed by atoms with Crippen molar-refractivity contribution in [1.82, 2.24) is 9.88 Å². The van der Waals surface area contributed by atoms with Crippen LogP contribution in [0.3, 0.4) is 0 Å². The van der Waals surface area contributed by atoms with Crippen molar-refractivity contribution in [2.45, 2.75) is 72.3 Å². The lowest BCUT2D eigenvalue weighted by Crippen LogP contribution is -2.39. The van der Waals surface area contributed by atoms with E-state index in [0.717, 1.165) is 22.8 Å². The summed E-state index contributed by atoms with van der Waals surface area (Å²) in [4.78, 5) is 45.3. The molecule has 2 rings (SSSR count). The third-order valence-corrected chi connectivity index (χ3v) is 3.98. The van der Waals surface area contributed by atoms with E-state index >= 15 is 0 Å². The molecule has 0 fully saturated rings. The fourth-order valence-electron chi connectivity index (χ4n) is 2.75. The molecule has 0 spiro atoms. The van der Waals surface area contributed by atoms with Crippen LogP contribution in [0.1, 0.15) is 53.5 Å². The zero-order valence-corrected chi connectivity index (χ0v) is 20.7. The normalized spacial score (nSPS) is 11.8. The van der Waals surface area contributed by atoms with Crippen molar-refractivity contribution in [1.29, 1.82) is 0 Å². The van der Waals surface area contributed by atoms with Crippen LogP contribution in [0.4, 0.5) is 17.6 Å². The van der Waals surface area contributed by atoms with Crippen LogP contribution in [0, 0.1) is 0 Å². The van der Waals surface area contributed by atoms with E-state index in [0.29, 0.717) is 0 Å². The van der Waals surface area contributed by atoms with Gasteiger partial charge in [-0.15, -0.1) is 0 Å². The standard InChI is InChI=1S/C20H23F3N2O4.C2H3FO.C2H6/c1-12(9-17(27)29-19(2,3)4)24-16(26)11-25-8-7-13-10-14(20(21,22)23)5-6-15(13)18(25)28;3-1-2-4;1-2/h5-8,10,12H,9,11H2,1-4H3,(H,24,26);2H,1H2;1-2H3. The number of nitrogens with one attached hydrogen (secondary N) is 1. The van der Waals surface area contributed by atoms with E-state index in [1.807, 2.05) is 13.8 Å². The first kappa shape index (κ1) is 31.8. The maximum Gasteiger partial charge on any atom is 0.416 e. The van der Waals surface area contributed by atoms with Crippen molar-refractivity contribution < 1.29 is 36.7 Å². The lowest BCUT2D eigenvalue weighted by Gasteiger charge is -2.21. The zero-order chi connectivity index (χ0) is 27.4. The maximum absolute atomic E-state index is 12.8. The SMILES string of the molecule is CC.CC(CC(=O)OC(C)(C)C)NC(=O)Cn1ccc2cc(C(F)(F)F)ccc2c1=O.O=CCF. The van der Waals surface area contributed by atoms with Gasteiger partial charge in [-0.25, -0.2) is 4.39 Å². The number of nitrogens with zero attached hydrogens (tertiary/aromatic N) is 1. The summed E-state index contributed by atoms with van der Waals surface area (Å²) in [5.74, 6) is -0.969. The van der Waals surface area contributed by atoms with E-state index in [-0.39, 0.29) is 30.0 Å². The molecule has 2 aromatic rings. The lowest BCUT2D eigenvalue weighted by molar-refractivity contribution is -0.155. The Morgan fingerprint density at radius 2 is 1.71 bits per heavy atom. The van der Waals surface area contributed by atoms with Crippen molar-refractivity contribution in [3.05, 3.63) is 46.4 Å². The summed E-state index contributed by atoms with van der Waals surface area (Å²) in [7, 11) is 0. The van der Waals surface area contributed by atoms with Crippen LogP contribution in [0.15, 0.2) is 35.3 Å². The maximum atomic E-state index is 12.8. The molecule has 1 heterocycles. The van der Waals surface area contributed by atoms with Gasteiger partial charge in [-0.1, -0.05) is 13.8 Å². The van der Waals surface area contributed by atoms with E-state index in [1.54, 1.807) is 27.7 Å². The summed E-state index contributed by atoms with van der Waals surface area (Å²) in [6, 6.07) is 3.66. The van der Waals surface area contributed by atoms with Crippen LogP contribution in [-0.4, -0.2) is 41.0 Å². The molecule has 1 amide bonds. The molecule has 0 saturated heterocycles. The van der Waals surface area contributed by atoms with Crippen molar-refractivity contribution in [3.63, 3.8) is 0 Å². The number of carbonyl (C=O) groups is 3. The van der Waals surface area contributed by atoms with Gasteiger partial charge in [0.2, 0.25) is 5.91 Å². The minimum atomic E-state index is -4.51. The zero-order valence-electron chi connectivity index (χ0n) is 20.7. The van der Waals surface area contributed by atoms with Crippen LogP contribution in [0.25, 0.3) is 10.8 Å². The first-order chi connectivity index (χ1) is 16.2. The van der Waals surface area contributed by atoms with Crippen LogP contribution < -0.4 is 10.9 Å². The van der Waals surface area contributed by atoms with Gasteiger partial charge in [-0.3, -0.25) is 14.4 Å². The van der Waals surface area contributed by atoms with Crippen molar-refractivity contribution in [2.24, 2.45) is 0 Å². The van der Waals surface area contributed by atoms with Crippen molar-refractivity contribution in [2.75, 3.05) is 6.67 Å². The van der Waals surface area contributed by atoms with E-state index in [9.17, 15) is 31.9 Å². The fourth-order valence-corrected chi connectivity index (χ4v) is 2.75. The Hall–Kier alpha value is -3.24. The largest absolute Gasteiger partial charge is 0.460 e. The average Bonchev–Trinajstić information content (AvgIpc) is 2.74.